The fraction of sp³-hybridized carbons (Fsp3) is 0.850. The van der Waals surface area contributed by atoms with Crippen LogP contribution < -0.4 is 33.6 Å². The van der Waals surface area contributed by atoms with Crippen LogP contribution in [0.25, 0.3) is 0 Å². The molecule has 1 amide bonds. The van der Waals surface area contributed by atoms with Crippen molar-refractivity contribution in [1.29, 1.82) is 0 Å². The van der Waals surface area contributed by atoms with Gasteiger partial charge in [-0.3, -0.25) is 4.79 Å². The first kappa shape index (κ1) is 26.9. The number of aliphatic hydroxyl groups is 2. The molecule has 0 spiro atoms. The van der Waals surface area contributed by atoms with E-state index >= 15 is 0 Å². The number of likely N-dealkylation sites (N-methyl/N-ethyl adjacent to an activating group) is 1. The molecule has 2 aliphatic rings. The second-order valence-electron chi connectivity index (χ2n) is 8.34. The van der Waals surface area contributed by atoms with Gasteiger partial charge in [0.15, 0.2) is 0 Å². The summed E-state index contributed by atoms with van der Waals surface area (Å²) in [5.41, 5.74) is 23.4. The molecule has 0 bridgehead atoms. The Labute approximate surface area is 189 Å². The van der Waals surface area contributed by atoms with Gasteiger partial charge >= 0.3 is 0 Å². The Hall–Kier alpha value is -1.35. The van der Waals surface area contributed by atoms with E-state index in [9.17, 15) is 15.0 Å². The summed E-state index contributed by atoms with van der Waals surface area (Å²) < 4.78 is 17.2. The fourth-order valence-electron chi connectivity index (χ4n) is 4.22. The number of nitrogens with two attached hydrogens (primary N) is 4. The molecule has 32 heavy (non-hydrogen) atoms. The first-order valence-electron chi connectivity index (χ1n) is 11.0. The van der Waals surface area contributed by atoms with Crippen LogP contribution in [0.4, 0.5) is 0 Å². The van der Waals surface area contributed by atoms with E-state index < -0.39 is 48.8 Å². The summed E-state index contributed by atoms with van der Waals surface area (Å²) in [6.45, 7) is 0.666. The van der Waals surface area contributed by atoms with Crippen molar-refractivity contribution in [2.45, 2.75) is 80.6 Å². The molecule has 0 aromatic heterocycles. The first-order valence-corrected chi connectivity index (χ1v) is 11.0. The molecule has 12 N–H and O–H groups in total. The van der Waals surface area contributed by atoms with E-state index in [0.29, 0.717) is 25.1 Å². The van der Waals surface area contributed by atoms with Gasteiger partial charge in [0.2, 0.25) is 12.2 Å². The molecule has 9 atom stereocenters. The van der Waals surface area contributed by atoms with Crippen molar-refractivity contribution >= 4 is 5.91 Å². The highest BCUT2D eigenvalue weighted by molar-refractivity contribution is 5.77. The van der Waals surface area contributed by atoms with Crippen molar-refractivity contribution in [1.82, 2.24) is 10.6 Å². The summed E-state index contributed by atoms with van der Waals surface area (Å²) in [7, 11) is 3.08. The number of nitrogens with one attached hydrogen (secondary N) is 2. The third kappa shape index (κ3) is 6.59. The fourth-order valence-corrected chi connectivity index (χ4v) is 4.22. The molecular weight excluding hydrogens is 420 g/mol. The quantitative estimate of drug-likeness (QED) is 0.152. The second kappa shape index (κ2) is 12.8. The molecule has 1 aliphatic heterocycles. The summed E-state index contributed by atoms with van der Waals surface area (Å²) in [4.78, 5) is 12.5. The summed E-state index contributed by atoms with van der Waals surface area (Å²) >= 11 is 0. The van der Waals surface area contributed by atoms with Gasteiger partial charge in [0.05, 0.1) is 36.9 Å². The number of hydrogen-bond acceptors (Lipinski definition) is 11. The normalized spacial score (nSPS) is 36.2. The number of amides is 1. The van der Waals surface area contributed by atoms with Crippen molar-refractivity contribution in [2.24, 2.45) is 22.9 Å². The zero-order valence-corrected chi connectivity index (χ0v) is 18.9. The third-order valence-corrected chi connectivity index (χ3v) is 6.04. The van der Waals surface area contributed by atoms with Crippen LogP contribution in [0, 0.1) is 0 Å². The van der Waals surface area contributed by atoms with E-state index in [1.807, 2.05) is 0 Å². The molecule has 1 fully saturated rings. The lowest BCUT2D eigenvalue weighted by atomic mass is 9.81. The van der Waals surface area contributed by atoms with Crippen LogP contribution >= 0.6 is 0 Å². The van der Waals surface area contributed by atoms with Gasteiger partial charge in [-0.15, -0.1) is 0 Å². The van der Waals surface area contributed by atoms with Crippen molar-refractivity contribution in [3.05, 3.63) is 11.8 Å². The van der Waals surface area contributed by atoms with E-state index in [0.717, 1.165) is 6.42 Å². The molecule has 0 radical (unpaired) electrons. The zero-order chi connectivity index (χ0) is 23.8. The molecule has 1 heterocycles. The van der Waals surface area contributed by atoms with Gasteiger partial charge in [0.25, 0.3) is 0 Å². The van der Waals surface area contributed by atoms with Gasteiger partial charge in [0, 0.05) is 19.6 Å². The summed E-state index contributed by atoms with van der Waals surface area (Å²) in [5, 5.41) is 27.3. The van der Waals surface area contributed by atoms with Gasteiger partial charge in [-0.25, -0.2) is 0 Å². The average molecular weight is 461 g/mol. The topological polar surface area (TPSA) is 213 Å². The average Bonchev–Trinajstić information content (AvgIpc) is 2.78. The second-order valence-corrected chi connectivity index (χ2v) is 8.34. The molecule has 12 nitrogen and oxygen atoms in total. The lowest BCUT2D eigenvalue weighted by Crippen LogP contribution is -2.71. The molecule has 0 saturated heterocycles. The molecule has 0 aromatic rings. The van der Waals surface area contributed by atoms with E-state index in [1.54, 1.807) is 13.1 Å². The maximum atomic E-state index is 12.5. The van der Waals surface area contributed by atoms with Crippen LogP contribution in [-0.2, 0) is 19.0 Å². The first-order chi connectivity index (χ1) is 15.3. The SMILES string of the molecule is CN[C@H]1[C@@H](O)[C@H](O[C@H]2OC(CN)=CC[C@H]2NC(=O)C[C@@H](N)CCCN)[C@@H](N)[C@H](O)[C@H]1OC. The van der Waals surface area contributed by atoms with E-state index in [4.69, 9.17) is 37.1 Å². The van der Waals surface area contributed by atoms with Crippen LogP contribution in [-0.4, -0.2) is 98.2 Å². The van der Waals surface area contributed by atoms with Gasteiger partial charge in [0.1, 0.15) is 18.0 Å². The van der Waals surface area contributed by atoms with Crippen LogP contribution in [0.5, 0.6) is 0 Å². The lowest BCUT2D eigenvalue weighted by Gasteiger charge is -2.47. The summed E-state index contributed by atoms with van der Waals surface area (Å²) in [6, 6.07) is -2.43. The minimum Gasteiger partial charge on any atom is -0.466 e. The summed E-state index contributed by atoms with van der Waals surface area (Å²) in [6.07, 6.45) is -1.13. The number of methoxy groups -OCH3 is 1. The third-order valence-electron chi connectivity index (χ3n) is 6.04. The highest BCUT2D eigenvalue weighted by atomic mass is 16.7. The van der Waals surface area contributed by atoms with E-state index in [2.05, 4.69) is 10.6 Å². The number of hydrogen-bond donors (Lipinski definition) is 8. The molecule has 1 saturated carbocycles. The standard InChI is InChI=1S/C20H40N6O6/c1-25-15-17(29)18(14(24)16(28)19(15)30-2)32-20-12(6-5-11(9-22)31-20)26-13(27)8-10(23)4-3-7-21/h5,10,12,14-20,25,28-29H,3-4,6-9,21-24H2,1-2H3,(H,26,27)/t10-,12+,14-,15-,16-,17+,18+,19-,20+/m0/s1. The number of aliphatic hydroxyl groups excluding tert-OH is 2. The Morgan fingerprint density at radius 2 is 2.03 bits per heavy atom. The van der Waals surface area contributed by atoms with Crippen LogP contribution in [0.2, 0.25) is 0 Å². The minimum absolute atomic E-state index is 0.137. The molecule has 12 heteroatoms. The number of carbonyl (C=O) groups excluding carboxylic acids is 1. The molecule has 186 valence electrons. The predicted octanol–water partition coefficient (Wildman–Crippen LogP) is -3.43. The van der Waals surface area contributed by atoms with Crippen molar-refractivity contribution in [2.75, 3.05) is 27.2 Å². The molecular formula is C20H40N6O6. The highest BCUT2D eigenvalue weighted by Gasteiger charge is 2.50. The van der Waals surface area contributed by atoms with Crippen molar-refractivity contribution in [3.8, 4) is 0 Å². The van der Waals surface area contributed by atoms with Crippen LogP contribution in [0.3, 0.4) is 0 Å². The number of ether oxygens (including phenoxy) is 3. The largest absolute Gasteiger partial charge is 0.466 e. The van der Waals surface area contributed by atoms with E-state index in [1.165, 1.54) is 7.11 Å². The number of rotatable bonds is 11. The van der Waals surface area contributed by atoms with Gasteiger partial charge in [-0.1, -0.05) is 0 Å². The Bertz CT molecular complexity index is 625. The predicted molar refractivity (Wildman–Crippen MR) is 118 cm³/mol. The Kier molecular flexibility index (Phi) is 10.7. The molecule has 0 unspecified atom stereocenters. The van der Waals surface area contributed by atoms with Gasteiger partial charge < -0.3 is 58.0 Å². The van der Waals surface area contributed by atoms with Crippen LogP contribution in [0.1, 0.15) is 25.7 Å². The van der Waals surface area contributed by atoms with Gasteiger partial charge in [-0.2, -0.15) is 0 Å². The maximum Gasteiger partial charge on any atom is 0.222 e. The monoisotopic (exact) mass is 460 g/mol. The summed E-state index contributed by atoms with van der Waals surface area (Å²) in [5.74, 6) is 0.252. The van der Waals surface area contributed by atoms with Crippen LogP contribution in [0.15, 0.2) is 11.8 Å². The lowest BCUT2D eigenvalue weighted by molar-refractivity contribution is -0.232. The van der Waals surface area contributed by atoms with Crippen molar-refractivity contribution in [3.63, 3.8) is 0 Å². The highest BCUT2D eigenvalue weighted by Crippen LogP contribution is 2.28. The smallest absolute Gasteiger partial charge is 0.222 e. The maximum absolute atomic E-state index is 12.5. The number of carbonyl (C=O) groups is 1. The molecule has 0 aromatic carbocycles. The van der Waals surface area contributed by atoms with Crippen molar-refractivity contribution < 1.29 is 29.2 Å². The molecule has 1 aliphatic carbocycles. The Morgan fingerprint density at radius 1 is 1.31 bits per heavy atom. The Balaban J connectivity index is 2.11. The van der Waals surface area contributed by atoms with Gasteiger partial charge in [-0.05, 0) is 38.9 Å². The minimum atomic E-state index is -1.10. The van der Waals surface area contributed by atoms with E-state index in [-0.39, 0.29) is 24.9 Å². The zero-order valence-electron chi connectivity index (χ0n) is 18.9. The molecule has 2 rings (SSSR count). The Morgan fingerprint density at radius 3 is 2.62 bits per heavy atom.